The molecular weight excluding hydrogens is 442 g/mol. The van der Waals surface area contributed by atoms with Gasteiger partial charge in [0.1, 0.15) is 16.4 Å². The monoisotopic (exact) mass is 469 g/mol. The molecule has 1 amide bonds. The number of benzene rings is 1. The Bertz CT molecular complexity index is 1100. The second-order valence-corrected chi connectivity index (χ2v) is 9.84. The SMILES string of the molecule is COc1ccc(N2CCN(C(=O)c3cc4c(N5CCCC5)nc(SC)nc4s3)CC2)cc1. The highest BCUT2D eigenvalue weighted by Gasteiger charge is 2.26. The Morgan fingerprint density at radius 2 is 1.72 bits per heavy atom. The molecule has 2 aliphatic rings. The fourth-order valence-corrected chi connectivity index (χ4v) is 5.78. The first-order chi connectivity index (χ1) is 15.7. The third-order valence-corrected chi connectivity index (χ3v) is 7.72. The predicted octanol–water partition coefficient (Wildman–Crippen LogP) is 3.98. The first-order valence-electron chi connectivity index (χ1n) is 10.9. The number of nitrogens with zero attached hydrogens (tertiary/aromatic N) is 5. The minimum atomic E-state index is 0.0976. The van der Waals surface area contributed by atoms with Gasteiger partial charge in [0, 0.05) is 45.0 Å². The van der Waals surface area contributed by atoms with Crippen LogP contribution in [0.1, 0.15) is 22.5 Å². The Balaban J connectivity index is 1.33. The van der Waals surface area contributed by atoms with Gasteiger partial charge in [0.25, 0.3) is 5.91 Å². The molecule has 0 aliphatic carbocycles. The molecule has 0 unspecified atom stereocenters. The van der Waals surface area contributed by atoms with E-state index in [1.165, 1.54) is 24.2 Å². The van der Waals surface area contributed by atoms with Crippen LogP contribution in [0.25, 0.3) is 10.2 Å². The summed E-state index contributed by atoms with van der Waals surface area (Å²) in [6.07, 6.45) is 4.37. The number of carbonyl (C=O) groups excluding carboxylic acids is 1. The second kappa shape index (κ2) is 9.15. The normalized spacial score (nSPS) is 16.8. The molecule has 0 atom stereocenters. The quantitative estimate of drug-likeness (QED) is 0.414. The molecule has 0 radical (unpaired) electrons. The van der Waals surface area contributed by atoms with Crippen LogP contribution in [0.2, 0.25) is 0 Å². The van der Waals surface area contributed by atoms with Crippen molar-refractivity contribution < 1.29 is 9.53 Å². The molecule has 0 saturated carbocycles. The third kappa shape index (κ3) is 4.11. The lowest BCUT2D eigenvalue weighted by Crippen LogP contribution is -2.48. The highest BCUT2D eigenvalue weighted by atomic mass is 32.2. The van der Waals surface area contributed by atoms with Crippen LogP contribution in [-0.4, -0.2) is 73.4 Å². The number of amides is 1. The van der Waals surface area contributed by atoms with Gasteiger partial charge < -0.3 is 19.4 Å². The lowest BCUT2D eigenvalue weighted by atomic mass is 10.2. The molecule has 9 heteroatoms. The Morgan fingerprint density at radius 3 is 2.38 bits per heavy atom. The number of thioether (sulfide) groups is 1. The van der Waals surface area contributed by atoms with Gasteiger partial charge in [0.2, 0.25) is 0 Å². The zero-order chi connectivity index (χ0) is 22.1. The molecule has 3 aromatic rings. The molecule has 4 heterocycles. The largest absolute Gasteiger partial charge is 0.497 e. The highest BCUT2D eigenvalue weighted by Crippen LogP contribution is 2.35. The molecule has 32 heavy (non-hydrogen) atoms. The van der Waals surface area contributed by atoms with Gasteiger partial charge in [0.05, 0.1) is 17.4 Å². The highest BCUT2D eigenvalue weighted by molar-refractivity contribution is 7.98. The van der Waals surface area contributed by atoms with E-state index in [-0.39, 0.29) is 5.91 Å². The van der Waals surface area contributed by atoms with Crippen LogP contribution in [0.4, 0.5) is 11.5 Å². The van der Waals surface area contributed by atoms with Crippen LogP contribution in [0.15, 0.2) is 35.5 Å². The first-order valence-corrected chi connectivity index (χ1v) is 13.0. The summed E-state index contributed by atoms with van der Waals surface area (Å²) in [6.45, 7) is 5.09. The van der Waals surface area contributed by atoms with E-state index in [4.69, 9.17) is 14.7 Å². The lowest BCUT2D eigenvalue weighted by Gasteiger charge is -2.36. The van der Waals surface area contributed by atoms with Crippen LogP contribution >= 0.6 is 23.1 Å². The summed E-state index contributed by atoms with van der Waals surface area (Å²) in [7, 11) is 1.68. The molecule has 1 aromatic carbocycles. The molecule has 0 N–H and O–H groups in total. The van der Waals surface area contributed by atoms with Gasteiger partial charge in [-0.1, -0.05) is 11.8 Å². The van der Waals surface area contributed by atoms with Crippen LogP contribution in [-0.2, 0) is 0 Å². The molecule has 168 valence electrons. The predicted molar refractivity (Wildman–Crippen MR) is 132 cm³/mol. The van der Waals surface area contributed by atoms with Gasteiger partial charge in [-0.05, 0) is 49.4 Å². The number of methoxy groups -OCH3 is 1. The van der Waals surface area contributed by atoms with Crippen molar-refractivity contribution in [3.05, 3.63) is 35.2 Å². The number of hydrogen-bond donors (Lipinski definition) is 0. The number of carbonyl (C=O) groups is 1. The fraction of sp³-hybridized carbons (Fsp3) is 0.435. The topological polar surface area (TPSA) is 61.8 Å². The first kappa shape index (κ1) is 21.3. The minimum Gasteiger partial charge on any atom is -0.497 e. The molecule has 0 bridgehead atoms. The summed E-state index contributed by atoms with van der Waals surface area (Å²) in [5.41, 5.74) is 1.16. The molecule has 0 spiro atoms. The number of piperazine rings is 1. The van der Waals surface area contributed by atoms with E-state index in [0.29, 0.717) is 13.1 Å². The van der Waals surface area contributed by atoms with Crippen molar-refractivity contribution in [2.45, 2.75) is 18.0 Å². The van der Waals surface area contributed by atoms with Crippen molar-refractivity contribution in [2.24, 2.45) is 0 Å². The number of rotatable bonds is 5. The van der Waals surface area contributed by atoms with Gasteiger partial charge in [0.15, 0.2) is 5.16 Å². The second-order valence-electron chi connectivity index (χ2n) is 8.03. The maximum atomic E-state index is 13.3. The molecular formula is C23H27N5O2S2. The van der Waals surface area contributed by atoms with Crippen LogP contribution in [0, 0.1) is 0 Å². The van der Waals surface area contributed by atoms with Gasteiger partial charge in [-0.25, -0.2) is 9.97 Å². The summed E-state index contributed by atoms with van der Waals surface area (Å²) in [5, 5.41) is 1.78. The third-order valence-electron chi connectivity index (χ3n) is 6.16. The number of aromatic nitrogens is 2. The summed E-state index contributed by atoms with van der Waals surface area (Å²) in [4.78, 5) is 31.1. The Labute approximate surface area is 196 Å². The standard InChI is InChI=1S/C23H27N5O2S2/c1-30-17-7-5-16(6-8-17)26-11-13-28(14-12-26)22(29)19-15-18-20(27-9-3-4-10-27)24-23(31-2)25-21(18)32-19/h5-8,15H,3-4,9-14H2,1-2H3. The number of ether oxygens (including phenoxy) is 1. The maximum Gasteiger partial charge on any atom is 0.264 e. The van der Waals surface area contributed by atoms with Gasteiger partial charge in [-0.3, -0.25) is 4.79 Å². The van der Waals surface area contributed by atoms with E-state index in [9.17, 15) is 4.79 Å². The Morgan fingerprint density at radius 1 is 1.00 bits per heavy atom. The maximum absolute atomic E-state index is 13.3. The summed E-state index contributed by atoms with van der Waals surface area (Å²) >= 11 is 3.04. The summed E-state index contributed by atoms with van der Waals surface area (Å²) in [6, 6.07) is 10.1. The number of fused-ring (bicyclic) bond motifs is 1. The van der Waals surface area contributed by atoms with E-state index in [1.807, 2.05) is 29.4 Å². The summed E-state index contributed by atoms with van der Waals surface area (Å²) in [5.74, 6) is 1.94. The number of hydrogen-bond acceptors (Lipinski definition) is 8. The van der Waals surface area contributed by atoms with Crippen LogP contribution < -0.4 is 14.5 Å². The average molecular weight is 470 g/mol. The molecule has 5 rings (SSSR count). The van der Waals surface area contributed by atoms with Crippen LogP contribution in [0.3, 0.4) is 0 Å². The van der Waals surface area contributed by atoms with Crippen molar-refractivity contribution in [3.8, 4) is 5.75 Å². The van der Waals surface area contributed by atoms with Crippen LogP contribution in [0.5, 0.6) is 5.75 Å². The van der Waals surface area contributed by atoms with Crippen molar-refractivity contribution >= 4 is 50.7 Å². The lowest BCUT2D eigenvalue weighted by molar-refractivity contribution is 0.0751. The van der Waals surface area contributed by atoms with Crippen molar-refractivity contribution in [1.29, 1.82) is 0 Å². The Hall–Kier alpha value is -2.52. The van der Waals surface area contributed by atoms with Crippen molar-refractivity contribution in [3.63, 3.8) is 0 Å². The smallest absolute Gasteiger partial charge is 0.264 e. The van der Waals surface area contributed by atoms with Gasteiger partial charge in [-0.2, -0.15) is 0 Å². The van der Waals surface area contributed by atoms with Crippen molar-refractivity contribution in [1.82, 2.24) is 14.9 Å². The molecule has 2 aliphatic heterocycles. The van der Waals surface area contributed by atoms with E-state index < -0.39 is 0 Å². The van der Waals surface area contributed by atoms with E-state index in [1.54, 1.807) is 18.9 Å². The number of anilines is 2. The Kier molecular flexibility index (Phi) is 6.10. The van der Waals surface area contributed by atoms with E-state index >= 15 is 0 Å². The molecule has 2 aromatic heterocycles. The van der Waals surface area contributed by atoms with E-state index in [0.717, 1.165) is 63.7 Å². The zero-order valence-corrected chi connectivity index (χ0v) is 20.0. The minimum absolute atomic E-state index is 0.0976. The number of thiophene rings is 1. The average Bonchev–Trinajstić information content (AvgIpc) is 3.53. The van der Waals surface area contributed by atoms with Crippen molar-refractivity contribution in [2.75, 3.05) is 62.4 Å². The molecule has 7 nitrogen and oxygen atoms in total. The van der Waals surface area contributed by atoms with E-state index in [2.05, 4.69) is 21.9 Å². The summed E-state index contributed by atoms with van der Waals surface area (Å²) < 4.78 is 5.25. The van der Waals surface area contributed by atoms with Gasteiger partial charge in [-0.15, -0.1) is 11.3 Å². The zero-order valence-electron chi connectivity index (χ0n) is 18.4. The molecule has 2 saturated heterocycles. The molecule has 2 fully saturated rings. The van der Waals surface area contributed by atoms with Gasteiger partial charge >= 0.3 is 0 Å². The fourth-order valence-electron chi connectivity index (χ4n) is 4.37.